The molecule has 0 aliphatic heterocycles. The molecule has 1 heterocycles. The molecule has 1 aromatic heterocycles. The summed E-state index contributed by atoms with van der Waals surface area (Å²) in [4.78, 5) is 10.7. The van der Waals surface area contributed by atoms with Gasteiger partial charge in [0.2, 0.25) is 0 Å². The third-order valence-electron chi connectivity index (χ3n) is 2.69. The molecule has 0 spiro atoms. The molecule has 1 aromatic carbocycles. The molecule has 0 aliphatic carbocycles. The number of hydrogen-bond acceptors (Lipinski definition) is 4. The Morgan fingerprint density at radius 3 is 2.89 bits per heavy atom. The third-order valence-corrected chi connectivity index (χ3v) is 3.36. The Hall–Kier alpha value is -1.89. The van der Waals surface area contributed by atoms with Gasteiger partial charge in [-0.25, -0.2) is 4.68 Å². The summed E-state index contributed by atoms with van der Waals surface area (Å²) in [7, 11) is 1.58. The average molecular weight is 326 g/mol. The molecule has 2 aromatic rings. The maximum Gasteiger partial charge on any atom is 0.309 e. The monoisotopic (exact) mass is 325 g/mol. The number of benzene rings is 1. The standard InChI is InChI=1S/C12H12BrN3O3/c1-7-10(6-12(17)18)14-15-16(7)11-5-8(19-2)3-4-9(11)13/h3-5H,6H2,1-2H3,(H,17,18). The lowest BCUT2D eigenvalue weighted by atomic mass is 10.2. The fourth-order valence-electron chi connectivity index (χ4n) is 1.68. The van der Waals surface area contributed by atoms with E-state index in [-0.39, 0.29) is 6.42 Å². The van der Waals surface area contributed by atoms with Crippen molar-refractivity contribution >= 4 is 21.9 Å². The molecule has 6 nitrogen and oxygen atoms in total. The average Bonchev–Trinajstić information content (AvgIpc) is 2.71. The maximum atomic E-state index is 10.7. The number of hydrogen-bond donors (Lipinski definition) is 1. The molecule has 0 radical (unpaired) electrons. The first-order valence-corrected chi connectivity index (χ1v) is 6.29. The summed E-state index contributed by atoms with van der Waals surface area (Å²) in [5.41, 5.74) is 1.89. The van der Waals surface area contributed by atoms with Crippen LogP contribution in [-0.2, 0) is 11.2 Å². The highest BCUT2D eigenvalue weighted by molar-refractivity contribution is 9.10. The van der Waals surface area contributed by atoms with Gasteiger partial charge in [-0.1, -0.05) is 5.21 Å². The highest BCUT2D eigenvalue weighted by atomic mass is 79.9. The molecule has 0 aliphatic rings. The summed E-state index contributed by atoms with van der Waals surface area (Å²) < 4.78 is 7.58. The van der Waals surface area contributed by atoms with Crippen LogP contribution in [-0.4, -0.2) is 33.2 Å². The quantitative estimate of drug-likeness (QED) is 0.929. The van der Waals surface area contributed by atoms with Crippen LogP contribution in [0.4, 0.5) is 0 Å². The first-order valence-electron chi connectivity index (χ1n) is 5.50. The zero-order chi connectivity index (χ0) is 14.0. The Kier molecular flexibility index (Phi) is 3.84. The minimum atomic E-state index is -0.931. The number of carboxylic acid groups (broad SMARTS) is 1. The fourth-order valence-corrected chi connectivity index (χ4v) is 2.09. The van der Waals surface area contributed by atoms with E-state index in [2.05, 4.69) is 26.2 Å². The molecule has 1 N–H and O–H groups in total. The van der Waals surface area contributed by atoms with E-state index >= 15 is 0 Å². The lowest BCUT2D eigenvalue weighted by molar-refractivity contribution is -0.136. The third kappa shape index (κ3) is 2.76. The first-order chi connectivity index (χ1) is 9.02. The van der Waals surface area contributed by atoms with E-state index in [1.54, 1.807) is 24.8 Å². The topological polar surface area (TPSA) is 77.2 Å². The number of rotatable bonds is 4. The number of methoxy groups -OCH3 is 1. The summed E-state index contributed by atoms with van der Waals surface area (Å²) >= 11 is 3.43. The normalized spacial score (nSPS) is 10.5. The van der Waals surface area contributed by atoms with Crippen molar-refractivity contribution in [3.05, 3.63) is 34.1 Å². The Labute approximate surface area is 118 Å². The molecule has 2 rings (SSSR count). The highest BCUT2D eigenvalue weighted by Gasteiger charge is 2.15. The Morgan fingerprint density at radius 1 is 1.53 bits per heavy atom. The van der Waals surface area contributed by atoms with Crippen LogP contribution in [0, 0.1) is 6.92 Å². The van der Waals surface area contributed by atoms with E-state index in [0.29, 0.717) is 17.1 Å². The van der Waals surface area contributed by atoms with E-state index in [9.17, 15) is 4.79 Å². The molecule has 0 saturated heterocycles. The summed E-state index contributed by atoms with van der Waals surface area (Å²) in [6, 6.07) is 5.46. The smallest absolute Gasteiger partial charge is 0.309 e. The van der Waals surface area contributed by atoms with Gasteiger partial charge in [0.15, 0.2) is 0 Å². The van der Waals surface area contributed by atoms with Gasteiger partial charge in [-0.2, -0.15) is 0 Å². The minimum Gasteiger partial charge on any atom is -0.497 e. The van der Waals surface area contributed by atoms with E-state index in [1.165, 1.54) is 0 Å². The zero-order valence-electron chi connectivity index (χ0n) is 10.4. The van der Waals surface area contributed by atoms with Crippen LogP contribution in [0.5, 0.6) is 5.75 Å². The lowest BCUT2D eigenvalue weighted by Crippen LogP contribution is -2.04. The number of carbonyl (C=O) groups is 1. The van der Waals surface area contributed by atoms with Crippen molar-refractivity contribution in [2.24, 2.45) is 0 Å². The molecule has 0 atom stereocenters. The van der Waals surface area contributed by atoms with Crippen LogP contribution in [0.2, 0.25) is 0 Å². The van der Waals surface area contributed by atoms with Crippen molar-refractivity contribution in [2.75, 3.05) is 7.11 Å². The summed E-state index contributed by atoms with van der Waals surface area (Å²) in [5, 5.41) is 16.7. The van der Waals surface area contributed by atoms with Gasteiger partial charge in [-0.15, -0.1) is 5.10 Å². The Bertz CT molecular complexity index is 625. The molecular formula is C12H12BrN3O3. The second-order valence-corrected chi connectivity index (χ2v) is 4.78. The van der Waals surface area contributed by atoms with Crippen molar-refractivity contribution < 1.29 is 14.6 Å². The van der Waals surface area contributed by atoms with Crippen LogP contribution in [0.15, 0.2) is 22.7 Å². The highest BCUT2D eigenvalue weighted by Crippen LogP contribution is 2.26. The van der Waals surface area contributed by atoms with E-state index < -0.39 is 5.97 Å². The van der Waals surface area contributed by atoms with Crippen molar-refractivity contribution in [2.45, 2.75) is 13.3 Å². The molecule has 7 heteroatoms. The summed E-state index contributed by atoms with van der Waals surface area (Å²) in [6.07, 6.45) is -0.145. The zero-order valence-corrected chi connectivity index (χ0v) is 12.0. The SMILES string of the molecule is COc1ccc(Br)c(-n2nnc(CC(=O)O)c2C)c1. The number of aliphatic carboxylic acids is 1. The number of ether oxygens (including phenoxy) is 1. The summed E-state index contributed by atoms with van der Waals surface area (Å²) in [6.45, 7) is 1.78. The van der Waals surface area contributed by atoms with Crippen LogP contribution in [0.1, 0.15) is 11.4 Å². The number of halogens is 1. The maximum absolute atomic E-state index is 10.7. The largest absolute Gasteiger partial charge is 0.497 e. The first kappa shape index (κ1) is 13.5. The molecule has 0 bridgehead atoms. The van der Waals surface area contributed by atoms with Crippen molar-refractivity contribution in [1.29, 1.82) is 0 Å². The van der Waals surface area contributed by atoms with Gasteiger partial charge in [-0.3, -0.25) is 4.79 Å². The van der Waals surface area contributed by atoms with Crippen molar-refractivity contribution in [1.82, 2.24) is 15.0 Å². The van der Waals surface area contributed by atoms with Gasteiger partial charge >= 0.3 is 5.97 Å². The number of carboxylic acids is 1. The van der Waals surface area contributed by atoms with Gasteiger partial charge in [0.1, 0.15) is 5.75 Å². The van der Waals surface area contributed by atoms with Crippen molar-refractivity contribution in [3.8, 4) is 11.4 Å². The van der Waals surface area contributed by atoms with Gasteiger partial charge in [0, 0.05) is 10.5 Å². The molecule has 0 saturated carbocycles. The molecule has 100 valence electrons. The second-order valence-electron chi connectivity index (χ2n) is 3.92. The Balaban J connectivity index is 2.47. The number of aromatic nitrogens is 3. The van der Waals surface area contributed by atoms with Gasteiger partial charge in [0.25, 0.3) is 0 Å². The molecule has 0 unspecified atom stereocenters. The van der Waals surface area contributed by atoms with Crippen LogP contribution in [0.25, 0.3) is 5.69 Å². The minimum absolute atomic E-state index is 0.145. The molecule has 0 fully saturated rings. The second kappa shape index (κ2) is 5.40. The predicted molar refractivity (Wildman–Crippen MR) is 71.7 cm³/mol. The van der Waals surface area contributed by atoms with Crippen LogP contribution >= 0.6 is 15.9 Å². The predicted octanol–water partition coefficient (Wildman–Crippen LogP) is 1.97. The molecular weight excluding hydrogens is 314 g/mol. The lowest BCUT2D eigenvalue weighted by Gasteiger charge is -2.08. The fraction of sp³-hybridized carbons (Fsp3) is 0.250. The van der Waals surface area contributed by atoms with E-state index in [0.717, 1.165) is 10.2 Å². The molecule has 0 amide bonds. The van der Waals surface area contributed by atoms with E-state index in [4.69, 9.17) is 9.84 Å². The van der Waals surface area contributed by atoms with Gasteiger partial charge < -0.3 is 9.84 Å². The van der Waals surface area contributed by atoms with Crippen LogP contribution in [0.3, 0.4) is 0 Å². The van der Waals surface area contributed by atoms with Crippen LogP contribution < -0.4 is 4.74 Å². The van der Waals surface area contributed by atoms with Gasteiger partial charge in [0.05, 0.1) is 30.6 Å². The van der Waals surface area contributed by atoms with Crippen molar-refractivity contribution in [3.63, 3.8) is 0 Å². The Morgan fingerprint density at radius 2 is 2.26 bits per heavy atom. The van der Waals surface area contributed by atoms with E-state index in [1.807, 2.05) is 12.1 Å². The molecule has 19 heavy (non-hydrogen) atoms. The van der Waals surface area contributed by atoms with Gasteiger partial charge in [-0.05, 0) is 35.0 Å². The number of nitrogens with zero attached hydrogens (tertiary/aromatic N) is 3. The summed E-state index contributed by atoms with van der Waals surface area (Å²) in [5.74, 6) is -0.243.